The average molecular weight is 181 g/mol. The predicted molar refractivity (Wildman–Crippen MR) is 48.4 cm³/mol. The van der Waals surface area contributed by atoms with Crippen LogP contribution in [0.5, 0.6) is 0 Å². The first-order valence-corrected chi connectivity index (χ1v) is 3.95. The quantitative estimate of drug-likeness (QED) is 0.552. The van der Waals surface area contributed by atoms with Crippen LogP contribution in [0.3, 0.4) is 0 Å². The van der Waals surface area contributed by atoms with Gasteiger partial charge in [-0.3, -0.25) is 0 Å². The Balaban J connectivity index is 3.03. The molecule has 0 saturated carbocycles. The van der Waals surface area contributed by atoms with E-state index in [1.54, 1.807) is 13.0 Å². The number of nitro groups is 1. The Morgan fingerprint density at radius 1 is 1.62 bits per heavy atom. The van der Waals surface area contributed by atoms with Crippen molar-refractivity contribution >= 4 is 5.82 Å². The minimum Gasteiger partial charge on any atom is -0.358 e. The monoisotopic (exact) mass is 181 g/mol. The van der Waals surface area contributed by atoms with Crippen LogP contribution < -0.4 is 5.73 Å². The Kier molecular flexibility index (Phi) is 2.92. The largest absolute Gasteiger partial charge is 0.363 e. The highest BCUT2D eigenvalue weighted by Crippen LogP contribution is 2.12. The maximum Gasteiger partial charge on any atom is 0.363 e. The van der Waals surface area contributed by atoms with Crippen LogP contribution in [0.15, 0.2) is 12.1 Å². The lowest BCUT2D eigenvalue weighted by Gasteiger charge is -1.98. The van der Waals surface area contributed by atoms with Crippen LogP contribution in [0.4, 0.5) is 5.82 Å². The molecule has 0 bridgehead atoms. The highest BCUT2D eigenvalue weighted by Gasteiger charge is 2.09. The highest BCUT2D eigenvalue weighted by atomic mass is 16.6. The molecule has 2 N–H and O–H groups in total. The molecule has 1 rings (SSSR count). The van der Waals surface area contributed by atoms with Gasteiger partial charge in [-0.15, -0.1) is 0 Å². The number of nitrogens with two attached hydrogens (primary N) is 1. The van der Waals surface area contributed by atoms with Gasteiger partial charge < -0.3 is 15.8 Å². The Bertz CT molecular complexity index is 325. The van der Waals surface area contributed by atoms with E-state index in [1.165, 1.54) is 6.07 Å². The van der Waals surface area contributed by atoms with Crippen LogP contribution in [-0.2, 0) is 6.42 Å². The molecule has 0 aliphatic rings. The number of hydrogen-bond donors (Lipinski definition) is 1. The van der Waals surface area contributed by atoms with Crippen molar-refractivity contribution in [2.75, 3.05) is 6.54 Å². The average Bonchev–Trinajstić information content (AvgIpc) is 2.03. The summed E-state index contributed by atoms with van der Waals surface area (Å²) >= 11 is 0. The zero-order valence-corrected chi connectivity index (χ0v) is 7.36. The second-order valence-electron chi connectivity index (χ2n) is 2.77. The van der Waals surface area contributed by atoms with Gasteiger partial charge in [-0.25, -0.2) is 0 Å². The molecule has 13 heavy (non-hydrogen) atoms. The predicted octanol–water partition coefficient (Wildman–Crippen LogP) is 0.799. The molecule has 0 aliphatic heterocycles. The van der Waals surface area contributed by atoms with E-state index in [2.05, 4.69) is 4.98 Å². The number of nitrogens with zero attached hydrogens (tertiary/aromatic N) is 2. The molecule has 0 aromatic carbocycles. The fourth-order valence-corrected chi connectivity index (χ4v) is 1.13. The number of aryl methyl sites for hydroxylation is 1. The van der Waals surface area contributed by atoms with Gasteiger partial charge in [-0.1, -0.05) is 0 Å². The highest BCUT2D eigenvalue weighted by molar-refractivity contribution is 5.29. The van der Waals surface area contributed by atoms with E-state index in [0.717, 1.165) is 5.56 Å². The lowest BCUT2D eigenvalue weighted by atomic mass is 10.1. The number of pyridine rings is 1. The zero-order valence-electron chi connectivity index (χ0n) is 7.36. The van der Waals surface area contributed by atoms with Gasteiger partial charge in [-0.05, 0) is 34.5 Å². The van der Waals surface area contributed by atoms with E-state index >= 15 is 0 Å². The SMILES string of the molecule is Cc1cc(CCN)cc([N+](=O)[O-])n1. The molecule has 0 spiro atoms. The first-order valence-electron chi connectivity index (χ1n) is 3.95. The third-order valence-electron chi connectivity index (χ3n) is 1.62. The lowest BCUT2D eigenvalue weighted by molar-refractivity contribution is -0.389. The molecular formula is C8H11N3O2. The summed E-state index contributed by atoms with van der Waals surface area (Å²) in [5.41, 5.74) is 6.86. The maximum atomic E-state index is 10.4. The van der Waals surface area contributed by atoms with Crippen molar-refractivity contribution in [1.29, 1.82) is 0 Å². The van der Waals surface area contributed by atoms with Crippen LogP contribution in [-0.4, -0.2) is 16.5 Å². The van der Waals surface area contributed by atoms with Crippen LogP contribution in [0.1, 0.15) is 11.3 Å². The Hall–Kier alpha value is -1.49. The molecule has 0 radical (unpaired) electrons. The van der Waals surface area contributed by atoms with E-state index in [0.29, 0.717) is 18.7 Å². The molecule has 5 nitrogen and oxygen atoms in total. The summed E-state index contributed by atoms with van der Waals surface area (Å²) in [4.78, 5) is 13.7. The van der Waals surface area contributed by atoms with Crippen molar-refractivity contribution in [3.63, 3.8) is 0 Å². The van der Waals surface area contributed by atoms with Gasteiger partial charge in [0.15, 0.2) is 0 Å². The minimum atomic E-state index is -0.493. The second-order valence-corrected chi connectivity index (χ2v) is 2.77. The standard InChI is InChI=1S/C8H11N3O2/c1-6-4-7(2-3-9)5-8(10-6)11(12)13/h4-5H,2-3,9H2,1H3. The van der Waals surface area contributed by atoms with Gasteiger partial charge in [0.25, 0.3) is 0 Å². The van der Waals surface area contributed by atoms with Crippen molar-refractivity contribution < 1.29 is 4.92 Å². The third kappa shape index (κ3) is 2.48. The van der Waals surface area contributed by atoms with Gasteiger partial charge in [0.2, 0.25) is 0 Å². The molecule has 0 aliphatic carbocycles. The van der Waals surface area contributed by atoms with Crippen molar-refractivity contribution in [2.45, 2.75) is 13.3 Å². The molecule has 0 saturated heterocycles. The lowest BCUT2D eigenvalue weighted by Crippen LogP contribution is -2.04. The van der Waals surface area contributed by atoms with E-state index in [9.17, 15) is 10.1 Å². The van der Waals surface area contributed by atoms with E-state index in [-0.39, 0.29) is 5.82 Å². The van der Waals surface area contributed by atoms with Gasteiger partial charge in [0.05, 0.1) is 0 Å². The zero-order chi connectivity index (χ0) is 9.84. The molecule has 1 aromatic heterocycles. The van der Waals surface area contributed by atoms with E-state index in [1.807, 2.05) is 0 Å². The van der Waals surface area contributed by atoms with Gasteiger partial charge in [-0.2, -0.15) is 0 Å². The third-order valence-corrected chi connectivity index (χ3v) is 1.62. The number of hydrogen-bond acceptors (Lipinski definition) is 4. The molecule has 0 fully saturated rings. The van der Waals surface area contributed by atoms with Crippen molar-refractivity contribution in [3.8, 4) is 0 Å². The second kappa shape index (κ2) is 3.95. The van der Waals surface area contributed by atoms with Crippen molar-refractivity contribution in [2.24, 2.45) is 5.73 Å². The first kappa shape index (κ1) is 9.60. The normalized spacial score (nSPS) is 10.0. The number of aromatic nitrogens is 1. The first-order chi connectivity index (χ1) is 6.13. The van der Waals surface area contributed by atoms with Crippen LogP contribution in [0.25, 0.3) is 0 Å². The summed E-state index contributed by atoms with van der Waals surface area (Å²) in [6, 6.07) is 3.26. The summed E-state index contributed by atoms with van der Waals surface area (Å²) in [7, 11) is 0. The summed E-state index contributed by atoms with van der Waals surface area (Å²) in [5, 5.41) is 10.4. The Morgan fingerprint density at radius 3 is 2.85 bits per heavy atom. The van der Waals surface area contributed by atoms with Crippen LogP contribution in [0.2, 0.25) is 0 Å². The van der Waals surface area contributed by atoms with Crippen molar-refractivity contribution in [3.05, 3.63) is 33.5 Å². The summed E-state index contributed by atoms with van der Waals surface area (Å²) in [5.74, 6) is -0.108. The topological polar surface area (TPSA) is 82.0 Å². The summed E-state index contributed by atoms with van der Waals surface area (Å²) in [6.07, 6.45) is 0.643. The molecule has 0 unspecified atom stereocenters. The Morgan fingerprint density at radius 2 is 2.31 bits per heavy atom. The van der Waals surface area contributed by atoms with Gasteiger partial charge >= 0.3 is 5.82 Å². The van der Waals surface area contributed by atoms with Crippen LogP contribution >= 0.6 is 0 Å². The van der Waals surface area contributed by atoms with Crippen molar-refractivity contribution in [1.82, 2.24) is 4.98 Å². The number of rotatable bonds is 3. The van der Waals surface area contributed by atoms with Gasteiger partial charge in [0, 0.05) is 13.0 Å². The fourth-order valence-electron chi connectivity index (χ4n) is 1.13. The Labute approximate surface area is 75.7 Å². The maximum absolute atomic E-state index is 10.4. The molecule has 0 atom stereocenters. The molecule has 5 heteroatoms. The smallest absolute Gasteiger partial charge is 0.358 e. The van der Waals surface area contributed by atoms with Crippen LogP contribution in [0, 0.1) is 17.0 Å². The summed E-state index contributed by atoms with van der Waals surface area (Å²) < 4.78 is 0. The molecule has 0 amide bonds. The summed E-state index contributed by atoms with van der Waals surface area (Å²) in [6.45, 7) is 2.22. The van der Waals surface area contributed by atoms with E-state index < -0.39 is 4.92 Å². The fraction of sp³-hybridized carbons (Fsp3) is 0.375. The molecule has 70 valence electrons. The molecule has 1 aromatic rings. The molecule has 1 heterocycles. The van der Waals surface area contributed by atoms with Gasteiger partial charge in [0.1, 0.15) is 5.69 Å². The minimum absolute atomic E-state index is 0.108. The van der Waals surface area contributed by atoms with E-state index in [4.69, 9.17) is 5.73 Å². The molecular weight excluding hydrogens is 170 g/mol.